The monoisotopic (exact) mass is 551 g/mol. The van der Waals surface area contributed by atoms with E-state index < -0.39 is 0 Å². The van der Waals surface area contributed by atoms with Crippen LogP contribution >= 0.6 is 35.5 Å². The first-order valence-electron chi connectivity index (χ1n) is 10.7. The van der Waals surface area contributed by atoms with Gasteiger partial charge in [0.05, 0.1) is 5.52 Å². The SMILES string of the molecule is CCNC(=NCCc1cccc2cccnc12)N1CCN(c2nc(CC)ns2)CC1.I. The van der Waals surface area contributed by atoms with Crippen LogP contribution in [-0.4, -0.2) is 64.5 Å². The molecule has 0 amide bonds. The quantitative estimate of drug-likeness (QED) is 0.287. The third-order valence-electron chi connectivity index (χ3n) is 5.32. The molecule has 0 saturated carbocycles. The van der Waals surface area contributed by atoms with Crippen molar-refractivity contribution >= 4 is 57.5 Å². The van der Waals surface area contributed by atoms with Gasteiger partial charge in [0, 0.05) is 68.8 Å². The summed E-state index contributed by atoms with van der Waals surface area (Å²) in [4.78, 5) is 18.8. The van der Waals surface area contributed by atoms with Crippen LogP contribution in [0.3, 0.4) is 0 Å². The highest BCUT2D eigenvalue weighted by Crippen LogP contribution is 2.19. The van der Waals surface area contributed by atoms with E-state index in [4.69, 9.17) is 4.99 Å². The Hall–Kier alpha value is -2.01. The number of para-hydroxylation sites is 1. The predicted octanol–water partition coefficient (Wildman–Crippen LogP) is 3.60. The second-order valence-electron chi connectivity index (χ2n) is 7.30. The number of guanidine groups is 1. The van der Waals surface area contributed by atoms with Crippen LogP contribution in [0.4, 0.5) is 5.13 Å². The molecule has 0 spiro atoms. The molecule has 0 bridgehead atoms. The Bertz CT molecular complexity index is 993. The average molecular weight is 552 g/mol. The number of piperazine rings is 1. The fourth-order valence-electron chi connectivity index (χ4n) is 3.70. The van der Waals surface area contributed by atoms with Crippen molar-refractivity contribution in [2.24, 2.45) is 4.99 Å². The summed E-state index contributed by atoms with van der Waals surface area (Å²) < 4.78 is 4.42. The van der Waals surface area contributed by atoms with E-state index in [0.717, 1.165) is 74.5 Å². The summed E-state index contributed by atoms with van der Waals surface area (Å²) in [6.07, 6.45) is 3.63. The number of nitrogens with zero attached hydrogens (tertiary/aromatic N) is 6. The lowest BCUT2D eigenvalue weighted by molar-refractivity contribution is 0.372. The molecule has 9 heteroatoms. The van der Waals surface area contributed by atoms with Crippen LogP contribution in [0, 0.1) is 0 Å². The zero-order valence-electron chi connectivity index (χ0n) is 18.1. The number of fused-ring (bicyclic) bond motifs is 1. The number of hydrogen-bond acceptors (Lipinski definition) is 6. The molecule has 1 aliphatic rings. The Labute approximate surface area is 205 Å². The van der Waals surface area contributed by atoms with Gasteiger partial charge in [-0.05, 0) is 25.0 Å². The number of aliphatic imine (C=N–C) groups is 1. The van der Waals surface area contributed by atoms with Gasteiger partial charge < -0.3 is 15.1 Å². The van der Waals surface area contributed by atoms with Crippen molar-refractivity contribution in [2.45, 2.75) is 26.7 Å². The fraction of sp³-hybridized carbons (Fsp3) is 0.455. The van der Waals surface area contributed by atoms with Crippen LogP contribution in [0.5, 0.6) is 0 Å². The second kappa shape index (κ2) is 11.6. The van der Waals surface area contributed by atoms with E-state index in [1.165, 1.54) is 22.5 Å². The van der Waals surface area contributed by atoms with Crippen LogP contribution in [0.25, 0.3) is 10.9 Å². The Morgan fingerprint density at radius 1 is 1.13 bits per heavy atom. The van der Waals surface area contributed by atoms with Crippen molar-refractivity contribution < 1.29 is 0 Å². The summed E-state index contributed by atoms with van der Waals surface area (Å²) in [5, 5.41) is 5.68. The third-order valence-corrected chi connectivity index (χ3v) is 6.13. The molecule has 0 unspecified atom stereocenters. The molecule has 166 valence electrons. The highest BCUT2D eigenvalue weighted by Gasteiger charge is 2.22. The minimum absolute atomic E-state index is 0. The van der Waals surface area contributed by atoms with Crippen molar-refractivity contribution in [3.8, 4) is 0 Å². The highest BCUT2D eigenvalue weighted by atomic mass is 127. The number of halogens is 1. The zero-order valence-corrected chi connectivity index (χ0v) is 21.3. The summed E-state index contributed by atoms with van der Waals surface area (Å²) in [5.41, 5.74) is 2.33. The molecular formula is C22H30IN7S. The number of pyridine rings is 1. The van der Waals surface area contributed by atoms with E-state index >= 15 is 0 Å². The number of anilines is 1. The van der Waals surface area contributed by atoms with Gasteiger partial charge in [0.2, 0.25) is 5.13 Å². The zero-order chi connectivity index (χ0) is 20.8. The van der Waals surface area contributed by atoms with Gasteiger partial charge in [-0.1, -0.05) is 31.2 Å². The molecule has 0 radical (unpaired) electrons. The molecule has 1 fully saturated rings. The van der Waals surface area contributed by atoms with Crippen molar-refractivity contribution in [3.63, 3.8) is 0 Å². The predicted molar refractivity (Wildman–Crippen MR) is 140 cm³/mol. The van der Waals surface area contributed by atoms with E-state index in [2.05, 4.69) is 67.6 Å². The summed E-state index contributed by atoms with van der Waals surface area (Å²) in [7, 11) is 0. The molecule has 3 heterocycles. The first-order chi connectivity index (χ1) is 14.8. The fourth-order valence-corrected chi connectivity index (χ4v) is 4.50. The molecule has 1 aliphatic heterocycles. The maximum Gasteiger partial charge on any atom is 0.205 e. The van der Waals surface area contributed by atoms with Crippen molar-refractivity contribution in [1.29, 1.82) is 0 Å². The Morgan fingerprint density at radius 2 is 1.94 bits per heavy atom. The highest BCUT2D eigenvalue weighted by molar-refractivity contribution is 14.0. The lowest BCUT2D eigenvalue weighted by atomic mass is 10.1. The van der Waals surface area contributed by atoms with Gasteiger partial charge in [0.1, 0.15) is 5.82 Å². The van der Waals surface area contributed by atoms with Gasteiger partial charge in [-0.2, -0.15) is 4.37 Å². The second-order valence-corrected chi connectivity index (χ2v) is 8.03. The Morgan fingerprint density at radius 3 is 2.68 bits per heavy atom. The maximum atomic E-state index is 4.91. The van der Waals surface area contributed by atoms with E-state index in [-0.39, 0.29) is 24.0 Å². The molecule has 1 N–H and O–H groups in total. The summed E-state index contributed by atoms with van der Waals surface area (Å²) in [5.74, 6) is 1.94. The molecule has 2 aromatic heterocycles. The molecule has 1 saturated heterocycles. The van der Waals surface area contributed by atoms with Crippen molar-refractivity contribution in [2.75, 3.05) is 44.2 Å². The number of nitrogens with one attached hydrogen (secondary N) is 1. The van der Waals surface area contributed by atoms with Crippen molar-refractivity contribution in [1.82, 2.24) is 24.6 Å². The minimum atomic E-state index is 0. The van der Waals surface area contributed by atoms with Gasteiger partial charge in [0.15, 0.2) is 5.96 Å². The van der Waals surface area contributed by atoms with Gasteiger partial charge in [-0.15, -0.1) is 24.0 Å². The number of rotatable bonds is 6. The van der Waals surface area contributed by atoms with Gasteiger partial charge in [0.25, 0.3) is 0 Å². The molecular weight excluding hydrogens is 521 g/mol. The molecule has 7 nitrogen and oxygen atoms in total. The normalized spacial score (nSPS) is 14.6. The van der Waals surface area contributed by atoms with Crippen LogP contribution in [0.2, 0.25) is 0 Å². The Kier molecular flexibility index (Phi) is 8.82. The average Bonchev–Trinajstić information content (AvgIpc) is 3.28. The number of aryl methyl sites for hydroxylation is 1. The number of aromatic nitrogens is 3. The van der Waals surface area contributed by atoms with Crippen LogP contribution in [0.1, 0.15) is 25.2 Å². The standard InChI is InChI=1S/C22H29N7S.HI/c1-3-19-26-22(30-27-19)29-15-13-28(14-16-29)21(23-4-2)25-12-10-18-8-5-7-17-9-6-11-24-20(17)18;/h5-9,11H,3-4,10,12-16H2,1-2H3,(H,23,25);1H. The first-order valence-corrected chi connectivity index (χ1v) is 11.5. The lowest BCUT2D eigenvalue weighted by Crippen LogP contribution is -2.52. The van der Waals surface area contributed by atoms with Crippen molar-refractivity contribution in [3.05, 3.63) is 47.9 Å². The van der Waals surface area contributed by atoms with Gasteiger partial charge in [-0.25, -0.2) is 4.98 Å². The first kappa shape index (κ1) is 23.6. The summed E-state index contributed by atoms with van der Waals surface area (Å²) in [6, 6.07) is 10.5. The summed E-state index contributed by atoms with van der Waals surface area (Å²) in [6.45, 7) is 9.57. The largest absolute Gasteiger partial charge is 0.357 e. The van der Waals surface area contributed by atoms with Gasteiger partial charge in [-0.3, -0.25) is 9.98 Å². The molecule has 31 heavy (non-hydrogen) atoms. The summed E-state index contributed by atoms with van der Waals surface area (Å²) >= 11 is 1.51. The molecule has 0 atom stereocenters. The lowest BCUT2D eigenvalue weighted by Gasteiger charge is -2.36. The van der Waals surface area contributed by atoms with E-state index in [1.54, 1.807) is 0 Å². The maximum absolute atomic E-state index is 4.91. The van der Waals surface area contributed by atoms with Crippen LogP contribution in [0.15, 0.2) is 41.5 Å². The topological polar surface area (TPSA) is 69.5 Å². The Balaban J connectivity index is 0.00000272. The molecule has 1 aromatic carbocycles. The number of hydrogen-bond donors (Lipinski definition) is 1. The smallest absolute Gasteiger partial charge is 0.205 e. The van der Waals surface area contributed by atoms with E-state index in [1.807, 2.05) is 12.3 Å². The number of benzene rings is 1. The van der Waals surface area contributed by atoms with E-state index in [9.17, 15) is 0 Å². The third kappa shape index (κ3) is 5.82. The molecule has 3 aromatic rings. The molecule has 4 rings (SSSR count). The van der Waals surface area contributed by atoms with Gasteiger partial charge >= 0.3 is 0 Å². The minimum Gasteiger partial charge on any atom is -0.357 e. The molecule has 0 aliphatic carbocycles. The van der Waals surface area contributed by atoms with E-state index in [0.29, 0.717) is 0 Å². The van der Waals surface area contributed by atoms with Crippen LogP contribution in [-0.2, 0) is 12.8 Å². The van der Waals surface area contributed by atoms with Crippen LogP contribution < -0.4 is 10.2 Å².